The van der Waals surface area contributed by atoms with Crippen LogP contribution < -0.4 is 0 Å². The van der Waals surface area contributed by atoms with Crippen LogP contribution >= 0.6 is 0 Å². The van der Waals surface area contributed by atoms with E-state index in [2.05, 4.69) is 36.6 Å². The average molecular weight is 270 g/mol. The Hall–Kier alpha value is -1.77. The molecule has 2 heterocycles. The van der Waals surface area contributed by atoms with Gasteiger partial charge in [-0.05, 0) is 35.8 Å². The summed E-state index contributed by atoms with van der Waals surface area (Å²) >= 11 is 0. The van der Waals surface area contributed by atoms with Crippen molar-refractivity contribution in [3.05, 3.63) is 36.5 Å². The second-order valence-electron chi connectivity index (χ2n) is 6.25. The highest BCUT2D eigenvalue weighted by Crippen LogP contribution is 2.22. The summed E-state index contributed by atoms with van der Waals surface area (Å²) in [6.07, 6.45) is 3.25. The van der Waals surface area contributed by atoms with Gasteiger partial charge in [0.15, 0.2) is 0 Å². The van der Waals surface area contributed by atoms with Crippen molar-refractivity contribution in [1.29, 1.82) is 0 Å². The van der Waals surface area contributed by atoms with Gasteiger partial charge in [-0.25, -0.2) is 0 Å². The van der Waals surface area contributed by atoms with Crippen molar-refractivity contribution >= 4 is 16.8 Å². The average Bonchev–Trinajstić information content (AvgIpc) is 2.81. The number of amides is 1. The van der Waals surface area contributed by atoms with E-state index >= 15 is 0 Å². The van der Waals surface area contributed by atoms with Crippen LogP contribution in [0.2, 0.25) is 0 Å². The molecule has 3 heteroatoms. The quantitative estimate of drug-likeness (QED) is 0.823. The normalized spacial score (nSPS) is 23.2. The fourth-order valence-corrected chi connectivity index (χ4v) is 3.39. The van der Waals surface area contributed by atoms with Gasteiger partial charge >= 0.3 is 0 Å². The molecular weight excluding hydrogens is 248 g/mol. The lowest BCUT2D eigenvalue weighted by Crippen LogP contribution is -2.43. The first-order valence-corrected chi connectivity index (χ1v) is 7.45. The summed E-state index contributed by atoms with van der Waals surface area (Å²) in [5, 5.41) is 1.20. The maximum absolute atomic E-state index is 12.5. The molecule has 3 rings (SSSR count). The molecule has 3 nitrogen and oxygen atoms in total. The lowest BCUT2D eigenvalue weighted by molar-refractivity contribution is -0.134. The Kier molecular flexibility index (Phi) is 3.51. The third kappa shape index (κ3) is 2.58. The molecule has 0 spiro atoms. The largest absolute Gasteiger partial charge is 0.341 e. The molecule has 0 N–H and O–H groups in total. The molecular formula is C17H22N2O. The predicted octanol–water partition coefficient (Wildman–Crippen LogP) is 3.15. The maximum atomic E-state index is 12.5. The maximum Gasteiger partial charge on any atom is 0.242 e. The predicted molar refractivity (Wildman–Crippen MR) is 81.5 cm³/mol. The van der Waals surface area contributed by atoms with Gasteiger partial charge in [0.1, 0.15) is 6.54 Å². The van der Waals surface area contributed by atoms with Crippen LogP contribution in [-0.2, 0) is 11.3 Å². The number of hydrogen-bond acceptors (Lipinski definition) is 1. The topological polar surface area (TPSA) is 25.2 Å². The van der Waals surface area contributed by atoms with Crippen molar-refractivity contribution in [2.75, 3.05) is 13.1 Å². The molecule has 0 radical (unpaired) electrons. The minimum Gasteiger partial charge on any atom is -0.341 e. The van der Waals surface area contributed by atoms with Crippen LogP contribution in [0.15, 0.2) is 36.5 Å². The Balaban J connectivity index is 1.75. The number of para-hydroxylation sites is 1. The highest BCUT2D eigenvalue weighted by molar-refractivity contribution is 5.83. The zero-order valence-corrected chi connectivity index (χ0v) is 12.2. The van der Waals surface area contributed by atoms with Crippen LogP contribution in [0.25, 0.3) is 10.9 Å². The Morgan fingerprint density at radius 3 is 2.60 bits per heavy atom. The molecule has 0 unspecified atom stereocenters. The van der Waals surface area contributed by atoms with Crippen molar-refractivity contribution in [1.82, 2.24) is 9.47 Å². The first kappa shape index (κ1) is 13.2. The van der Waals surface area contributed by atoms with Crippen molar-refractivity contribution in [2.45, 2.75) is 26.8 Å². The minimum absolute atomic E-state index is 0.241. The number of nitrogens with zero attached hydrogens (tertiary/aromatic N) is 2. The number of fused-ring (bicyclic) bond motifs is 1. The molecule has 1 aliphatic rings. The molecule has 2 atom stereocenters. The fourth-order valence-electron chi connectivity index (χ4n) is 3.39. The Bertz CT molecular complexity index is 606. The molecule has 20 heavy (non-hydrogen) atoms. The van der Waals surface area contributed by atoms with E-state index in [1.54, 1.807) is 0 Å². The van der Waals surface area contributed by atoms with E-state index in [4.69, 9.17) is 0 Å². The van der Waals surface area contributed by atoms with Crippen LogP contribution in [-0.4, -0.2) is 28.5 Å². The number of benzene rings is 1. The molecule has 1 fully saturated rings. The Labute approximate surface area is 120 Å². The van der Waals surface area contributed by atoms with Gasteiger partial charge in [-0.2, -0.15) is 0 Å². The number of rotatable bonds is 2. The SMILES string of the molecule is C[C@@H]1C[C@@H](C)CN(C(=O)Cn2ccc3ccccc32)C1. The van der Waals surface area contributed by atoms with Gasteiger partial charge in [0, 0.05) is 24.8 Å². The molecule has 1 saturated heterocycles. The van der Waals surface area contributed by atoms with Crippen LogP contribution in [0.4, 0.5) is 0 Å². The van der Waals surface area contributed by atoms with Gasteiger partial charge in [0.05, 0.1) is 0 Å². The number of aromatic nitrogens is 1. The third-order valence-corrected chi connectivity index (χ3v) is 4.21. The van der Waals surface area contributed by atoms with E-state index in [1.165, 1.54) is 11.8 Å². The molecule has 1 aromatic carbocycles. The van der Waals surface area contributed by atoms with Crippen molar-refractivity contribution < 1.29 is 4.79 Å². The van der Waals surface area contributed by atoms with E-state index in [0.29, 0.717) is 18.4 Å². The van der Waals surface area contributed by atoms with Gasteiger partial charge in [0.2, 0.25) is 5.91 Å². The molecule has 1 aromatic heterocycles. The van der Waals surface area contributed by atoms with E-state index in [-0.39, 0.29) is 5.91 Å². The number of carbonyl (C=O) groups is 1. The highest BCUT2D eigenvalue weighted by Gasteiger charge is 2.25. The lowest BCUT2D eigenvalue weighted by atomic mass is 9.92. The first-order valence-electron chi connectivity index (χ1n) is 7.45. The summed E-state index contributed by atoms with van der Waals surface area (Å²) in [7, 11) is 0. The summed E-state index contributed by atoms with van der Waals surface area (Å²) in [6.45, 7) is 6.74. The number of likely N-dealkylation sites (tertiary alicyclic amines) is 1. The van der Waals surface area contributed by atoms with Crippen LogP contribution in [0.3, 0.4) is 0 Å². The molecule has 1 aliphatic heterocycles. The first-order chi connectivity index (χ1) is 9.63. The van der Waals surface area contributed by atoms with Gasteiger partial charge in [0.25, 0.3) is 0 Å². The molecule has 1 amide bonds. The summed E-state index contributed by atoms with van der Waals surface area (Å²) in [5.41, 5.74) is 1.14. The fraction of sp³-hybridized carbons (Fsp3) is 0.471. The number of carbonyl (C=O) groups excluding carboxylic acids is 1. The molecule has 0 bridgehead atoms. The third-order valence-electron chi connectivity index (χ3n) is 4.21. The summed E-state index contributed by atoms with van der Waals surface area (Å²) < 4.78 is 2.06. The van der Waals surface area contributed by atoms with Crippen LogP contribution in [0.5, 0.6) is 0 Å². The van der Waals surface area contributed by atoms with Crippen molar-refractivity contribution in [3.63, 3.8) is 0 Å². The number of piperidine rings is 1. The number of hydrogen-bond donors (Lipinski definition) is 0. The zero-order valence-electron chi connectivity index (χ0n) is 12.2. The van der Waals surface area contributed by atoms with E-state index in [1.807, 2.05) is 23.2 Å². The second-order valence-corrected chi connectivity index (χ2v) is 6.25. The van der Waals surface area contributed by atoms with Gasteiger partial charge in [-0.15, -0.1) is 0 Å². The zero-order chi connectivity index (χ0) is 14.1. The summed E-state index contributed by atoms with van der Waals surface area (Å²) in [6, 6.07) is 10.3. The van der Waals surface area contributed by atoms with Crippen LogP contribution in [0.1, 0.15) is 20.3 Å². The van der Waals surface area contributed by atoms with E-state index in [0.717, 1.165) is 18.6 Å². The molecule has 2 aromatic rings. The highest BCUT2D eigenvalue weighted by atomic mass is 16.2. The summed E-state index contributed by atoms with van der Waals surface area (Å²) in [5.74, 6) is 1.47. The smallest absolute Gasteiger partial charge is 0.242 e. The molecule has 106 valence electrons. The van der Waals surface area contributed by atoms with E-state index < -0.39 is 0 Å². The molecule has 0 saturated carbocycles. The van der Waals surface area contributed by atoms with Gasteiger partial charge < -0.3 is 9.47 Å². The van der Waals surface area contributed by atoms with Crippen molar-refractivity contribution in [2.24, 2.45) is 11.8 Å². The standard InChI is InChI=1S/C17H22N2O/c1-13-9-14(2)11-19(10-13)17(20)12-18-8-7-15-5-3-4-6-16(15)18/h3-8,13-14H,9-12H2,1-2H3/t13-,14-/m1/s1. The molecule has 0 aliphatic carbocycles. The Morgan fingerprint density at radius 1 is 1.15 bits per heavy atom. The van der Waals surface area contributed by atoms with E-state index in [9.17, 15) is 4.79 Å². The Morgan fingerprint density at radius 2 is 1.85 bits per heavy atom. The van der Waals surface area contributed by atoms with Gasteiger partial charge in [-0.3, -0.25) is 4.79 Å². The van der Waals surface area contributed by atoms with Crippen molar-refractivity contribution in [3.8, 4) is 0 Å². The van der Waals surface area contributed by atoms with Gasteiger partial charge in [-0.1, -0.05) is 32.0 Å². The minimum atomic E-state index is 0.241. The second kappa shape index (κ2) is 5.31. The van der Waals surface area contributed by atoms with Crippen LogP contribution in [0, 0.1) is 11.8 Å². The lowest BCUT2D eigenvalue weighted by Gasteiger charge is -2.35. The monoisotopic (exact) mass is 270 g/mol. The summed E-state index contributed by atoms with van der Waals surface area (Å²) in [4.78, 5) is 14.5.